The van der Waals surface area contributed by atoms with Crippen molar-refractivity contribution in [1.29, 1.82) is 0 Å². The minimum Gasteiger partial charge on any atom is -0.441 e. The van der Waals surface area contributed by atoms with Crippen molar-refractivity contribution in [3.63, 3.8) is 0 Å². The van der Waals surface area contributed by atoms with Crippen LogP contribution in [0.2, 0.25) is 0 Å². The lowest BCUT2D eigenvalue weighted by Gasteiger charge is -2.08. The topological polar surface area (TPSA) is 73.0 Å². The molecule has 0 aliphatic rings. The van der Waals surface area contributed by atoms with Gasteiger partial charge in [0.05, 0.1) is 6.20 Å². The molecule has 0 unspecified atom stereocenters. The van der Waals surface area contributed by atoms with Gasteiger partial charge in [-0.3, -0.25) is 4.79 Å². The van der Waals surface area contributed by atoms with Crippen LogP contribution in [0.4, 0.5) is 10.1 Å². The normalized spacial score (nSPS) is 10.9. The number of halogens is 1. The molecule has 0 saturated carbocycles. The van der Waals surface area contributed by atoms with Crippen LogP contribution in [-0.4, -0.2) is 20.4 Å². The van der Waals surface area contributed by atoms with Gasteiger partial charge < -0.3 is 14.3 Å². The molecule has 0 saturated heterocycles. The van der Waals surface area contributed by atoms with Crippen LogP contribution >= 0.6 is 0 Å². The lowest BCUT2D eigenvalue weighted by molar-refractivity contribution is -0.116. The van der Waals surface area contributed by atoms with Crippen LogP contribution in [0.5, 0.6) is 0 Å². The largest absolute Gasteiger partial charge is 0.441 e. The second kappa shape index (κ2) is 8.73. The van der Waals surface area contributed by atoms with Gasteiger partial charge in [0, 0.05) is 43.0 Å². The minimum absolute atomic E-state index is 0.116. The van der Waals surface area contributed by atoms with E-state index in [1.54, 1.807) is 24.5 Å². The van der Waals surface area contributed by atoms with Gasteiger partial charge in [0.2, 0.25) is 5.91 Å². The Bertz CT molecular complexity index is 1130. The SMILES string of the molecule is Cc1nccn1Cc1ccc(NC(=O)CCc2ncc(-c3ccc(F)cc3)o2)cc1. The van der Waals surface area contributed by atoms with Gasteiger partial charge in [-0.05, 0) is 48.9 Å². The number of oxazole rings is 1. The number of imidazole rings is 1. The number of amides is 1. The van der Waals surface area contributed by atoms with Crippen molar-refractivity contribution < 1.29 is 13.6 Å². The number of carbonyl (C=O) groups is 1. The van der Waals surface area contributed by atoms with E-state index < -0.39 is 0 Å². The number of hydrogen-bond donors (Lipinski definition) is 1. The average molecular weight is 404 g/mol. The molecule has 7 heteroatoms. The Kier molecular flexibility index (Phi) is 5.70. The summed E-state index contributed by atoms with van der Waals surface area (Å²) in [6, 6.07) is 13.7. The molecule has 4 aromatic rings. The molecule has 30 heavy (non-hydrogen) atoms. The lowest BCUT2D eigenvalue weighted by Crippen LogP contribution is -2.12. The Morgan fingerprint density at radius 2 is 1.87 bits per heavy atom. The van der Waals surface area contributed by atoms with Crippen molar-refractivity contribution in [1.82, 2.24) is 14.5 Å². The zero-order chi connectivity index (χ0) is 20.9. The van der Waals surface area contributed by atoms with Crippen molar-refractivity contribution >= 4 is 11.6 Å². The van der Waals surface area contributed by atoms with E-state index in [9.17, 15) is 9.18 Å². The lowest BCUT2D eigenvalue weighted by atomic mass is 10.2. The zero-order valence-electron chi connectivity index (χ0n) is 16.5. The summed E-state index contributed by atoms with van der Waals surface area (Å²) in [6.07, 6.45) is 5.93. The molecule has 1 amide bonds. The highest BCUT2D eigenvalue weighted by molar-refractivity contribution is 5.90. The summed E-state index contributed by atoms with van der Waals surface area (Å²) in [5.74, 6) is 1.56. The maximum Gasteiger partial charge on any atom is 0.224 e. The first-order chi connectivity index (χ1) is 14.6. The van der Waals surface area contributed by atoms with Gasteiger partial charge in [-0.25, -0.2) is 14.4 Å². The smallest absolute Gasteiger partial charge is 0.224 e. The monoisotopic (exact) mass is 404 g/mol. The van der Waals surface area contributed by atoms with Gasteiger partial charge in [0.1, 0.15) is 11.6 Å². The van der Waals surface area contributed by atoms with E-state index in [4.69, 9.17) is 4.42 Å². The van der Waals surface area contributed by atoms with E-state index in [0.717, 1.165) is 29.2 Å². The Labute approximate surface area is 173 Å². The third-order valence-electron chi connectivity index (χ3n) is 4.76. The van der Waals surface area contributed by atoms with Gasteiger partial charge in [-0.15, -0.1) is 0 Å². The van der Waals surface area contributed by atoms with Gasteiger partial charge >= 0.3 is 0 Å². The van der Waals surface area contributed by atoms with E-state index in [0.29, 0.717) is 18.1 Å². The van der Waals surface area contributed by atoms with Crippen LogP contribution in [0.25, 0.3) is 11.3 Å². The number of nitrogens with one attached hydrogen (secondary N) is 1. The quantitative estimate of drug-likeness (QED) is 0.488. The molecule has 0 bridgehead atoms. The van der Waals surface area contributed by atoms with Crippen LogP contribution in [0, 0.1) is 12.7 Å². The molecule has 0 aliphatic carbocycles. The first kappa shape index (κ1) is 19.6. The number of nitrogens with zero attached hydrogens (tertiary/aromatic N) is 3. The van der Waals surface area contributed by atoms with Crippen LogP contribution in [0.15, 0.2) is 71.5 Å². The molecule has 2 heterocycles. The van der Waals surface area contributed by atoms with E-state index in [2.05, 4.69) is 19.9 Å². The Morgan fingerprint density at radius 3 is 2.57 bits per heavy atom. The second-order valence-electron chi connectivity index (χ2n) is 6.97. The van der Waals surface area contributed by atoms with Gasteiger partial charge in [-0.1, -0.05) is 12.1 Å². The van der Waals surface area contributed by atoms with Crippen molar-refractivity contribution in [2.75, 3.05) is 5.32 Å². The summed E-state index contributed by atoms with van der Waals surface area (Å²) in [6.45, 7) is 2.70. The molecule has 0 atom stereocenters. The second-order valence-corrected chi connectivity index (χ2v) is 6.97. The van der Waals surface area contributed by atoms with Crippen molar-refractivity contribution in [2.24, 2.45) is 0 Å². The summed E-state index contributed by atoms with van der Waals surface area (Å²) < 4.78 is 20.7. The molecule has 0 radical (unpaired) electrons. The van der Waals surface area contributed by atoms with E-state index >= 15 is 0 Å². The molecule has 6 nitrogen and oxygen atoms in total. The van der Waals surface area contributed by atoms with Gasteiger partial charge in [-0.2, -0.15) is 0 Å². The molecule has 2 aromatic carbocycles. The predicted octanol–water partition coefficient (Wildman–Crippen LogP) is 4.61. The van der Waals surface area contributed by atoms with Gasteiger partial charge in [0.25, 0.3) is 0 Å². The van der Waals surface area contributed by atoms with Crippen molar-refractivity contribution in [3.05, 3.63) is 90.2 Å². The van der Waals surface area contributed by atoms with Crippen LogP contribution in [0.1, 0.15) is 23.7 Å². The highest BCUT2D eigenvalue weighted by atomic mass is 19.1. The summed E-state index contributed by atoms with van der Waals surface area (Å²) >= 11 is 0. The number of rotatable bonds is 7. The Morgan fingerprint density at radius 1 is 1.10 bits per heavy atom. The fourth-order valence-corrected chi connectivity index (χ4v) is 3.08. The van der Waals surface area contributed by atoms with E-state index in [1.165, 1.54) is 12.1 Å². The fourth-order valence-electron chi connectivity index (χ4n) is 3.08. The maximum atomic E-state index is 13.0. The van der Waals surface area contributed by atoms with E-state index in [-0.39, 0.29) is 18.1 Å². The molecule has 0 aliphatic heterocycles. The number of carbonyl (C=O) groups excluding carboxylic acids is 1. The maximum absolute atomic E-state index is 13.0. The first-order valence-corrected chi connectivity index (χ1v) is 9.64. The molecular formula is C23H21FN4O2. The highest BCUT2D eigenvalue weighted by Crippen LogP contribution is 2.21. The van der Waals surface area contributed by atoms with Crippen LogP contribution in [0.3, 0.4) is 0 Å². The van der Waals surface area contributed by atoms with Crippen molar-refractivity contribution in [3.8, 4) is 11.3 Å². The Balaban J connectivity index is 1.29. The highest BCUT2D eigenvalue weighted by Gasteiger charge is 2.10. The molecule has 1 N–H and O–H groups in total. The molecule has 2 aromatic heterocycles. The first-order valence-electron chi connectivity index (χ1n) is 9.64. The summed E-state index contributed by atoms with van der Waals surface area (Å²) in [4.78, 5) is 20.7. The standard InChI is InChI=1S/C23H21FN4O2/c1-16-25-12-13-28(16)15-17-2-8-20(9-3-17)27-22(29)10-11-23-26-14-21(30-23)18-4-6-19(24)7-5-18/h2-9,12-14H,10-11,15H2,1H3,(H,27,29). The molecular weight excluding hydrogens is 383 g/mol. The number of anilines is 1. The molecule has 0 spiro atoms. The van der Waals surface area contributed by atoms with E-state index in [1.807, 2.05) is 37.4 Å². The summed E-state index contributed by atoms with van der Waals surface area (Å²) in [5.41, 5.74) is 2.61. The molecule has 4 rings (SSSR count). The number of aromatic nitrogens is 3. The third-order valence-corrected chi connectivity index (χ3v) is 4.76. The predicted molar refractivity (Wildman–Crippen MR) is 111 cm³/mol. The molecule has 0 fully saturated rings. The van der Waals surface area contributed by atoms with Crippen LogP contribution < -0.4 is 5.32 Å². The number of aryl methyl sites for hydroxylation is 2. The fraction of sp³-hybridized carbons (Fsp3) is 0.174. The number of hydrogen-bond acceptors (Lipinski definition) is 4. The minimum atomic E-state index is -0.306. The zero-order valence-corrected chi connectivity index (χ0v) is 16.5. The van der Waals surface area contributed by atoms with Crippen LogP contribution in [-0.2, 0) is 17.8 Å². The Hall–Kier alpha value is -3.74. The summed E-state index contributed by atoms with van der Waals surface area (Å²) in [7, 11) is 0. The van der Waals surface area contributed by atoms with Gasteiger partial charge in [0.15, 0.2) is 11.7 Å². The molecule has 152 valence electrons. The third kappa shape index (κ3) is 4.81. The van der Waals surface area contributed by atoms with Crippen molar-refractivity contribution in [2.45, 2.75) is 26.3 Å². The number of benzene rings is 2. The average Bonchev–Trinajstić information content (AvgIpc) is 3.38. The summed E-state index contributed by atoms with van der Waals surface area (Å²) in [5, 5.41) is 2.89.